The fourth-order valence-corrected chi connectivity index (χ4v) is 4.04. The maximum absolute atomic E-state index is 4.10. The molecule has 1 aromatic heterocycles. The highest BCUT2D eigenvalue weighted by molar-refractivity contribution is 5.08. The summed E-state index contributed by atoms with van der Waals surface area (Å²) in [4.78, 5) is 4.10. The third-order valence-corrected chi connectivity index (χ3v) is 5.92. The highest BCUT2D eigenvalue weighted by Crippen LogP contribution is 2.22. The molecule has 1 nitrogen and oxygen atoms in total. The standard InChI is InChI=1S/C16H34.C12H19N/c1-4-7-9-10-12-15-16(13-6-3)14-11-8-5-2;1-2-3-4-5-6-8-12-9-7-10-13-11-12/h16H,4-15H2,1-3H3;7,9-11H,2-6,8H2,1H3. The van der Waals surface area contributed by atoms with Crippen LogP contribution in [-0.2, 0) is 6.42 Å². The number of nitrogens with zero attached hydrogens (tertiary/aromatic N) is 1. The van der Waals surface area contributed by atoms with Crippen LogP contribution in [0.5, 0.6) is 0 Å². The Hall–Kier alpha value is -0.850. The highest BCUT2D eigenvalue weighted by atomic mass is 14.6. The van der Waals surface area contributed by atoms with E-state index in [0.717, 1.165) is 5.92 Å². The first-order valence-electron chi connectivity index (χ1n) is 13.2. The summed E-state index contributed by atoms with van der Waals surface area (Å²) in [6.07, 6.45) is 29.1. The Morgan fingerprint density at radius 3 is 1.72 bits per heavy atom. The first-order chi connectivity index (χ1) is 14.3. The zero-order chi connectivity index (χ0) is 21.4. The van der Waals surface area contributed by atoms with Gasteiger partial charge in [0.05, 0.1) is 0 Å². The van der Waals surface area contributed by atoms with E-state index in [1.807, 2.05) is 18.5 Å². The molecule has 0 aliphatic carbocycles. The van der Waals surface area contributed by atoms with Crippen LogP contribution in [0.4, 0.5) is 0 Å². The number of rotatable bonds is 18. The van der Waals surface area contributed by atoms with E-state index < -0.39 is 0 Å². The molecule has 0 bridgehead atoms. The quantitative estimate of drug-likeness (QED) is 0.222. The van der Waals surface area contributed by atoms with Crippen molar-refractivity contribution in [3.8, 4) is 0 Å². The van der Waals surface area contributed by atoms with Gasteiger partial charge in [-0.15, -0.1) is 0 Å². The lowest BCUT2D eigenvalue weighted by molar-refractivity contribution is 0.380. The molecule has 0 saturated carbocycles. The van der Waals surface area contributed by atoms with Crippen molar-refractivity contribution in [1.29, 1.82) is 0 Å². The smallest absolute Gasteiger partial charge is 0.0299 e. The van der Waals surface area contributed by atoms with Gasteiger partial charge in [-0.05, 0) is 30.4 Å². The number of hydrogen-bond donors (Lipinski definition) is 0. The molecule has 0 fully saturated rings. The molecule has 0 aromatic carbocycles. The highest BCUT2D eigenvalue weighted by Gasteiger charge is 2.06. The molecular weight excluding hydrogens is 350 g/mol. The van der Waals surface area contributed by atoms with E-state index in [2.05, 4.69) is 38.7 Å². The van der Waals surface area contributed by atoms with Crippen LogP contribution >= 0.6 is 0 Å². The molecule has 0 spiro atoms. The average Bonchev–Trinajstić information content (AvgIpc) is 2.75. The fourth-order valence-electron chi connectivity index (χ4n) is 4.04. The molecule has 0 aliphatic heterocycles. The van der Waals surface area contributed by atoms with Crippen molar-refractivity contribution in [3.63, 3.8) is 0 Å². The van der Waals surface area contributed by atoms with E-state index in [1.165, 1.54) is 121 Å². The third kappa shape index (κ3) is 20.2. The van der Waals surface area contributed by atoms with Crippen LogP contribution in [0.15, 0.2) is 24.5 Å². The Labute approximate surface area is 184 Å². The summed E-state index contributed by atoms with van der Waals surface area (Å²) in [6, 6.07) is 4.17. The predicted octanol–water partition coefficient (Wildman–Crippen LogP) is 9.94. The van der Waals surface area contributed by atoms with Gasteiger partial charge in [-0.25, -0.2) is 0 Å². The minimum absolute atomic E-state index is 1.04. The monoisotopic (exact) mass is 403 g/mol. The van der Waals surface area contributed by atoms with E-state index in [1.54, 1.807) is 0 Å². The van der Waals surface area contributed by atoms with Gasteiger partial charge < -0.3 is 0 Å². The molecule has 1 heteroatoms. The molecule has 0 saturated heterocycles. The van der Waals surface area contributed by atoms with Crippen LogP contribution in [0.25, 0.3) is 0 Å². The van der Waals surface area contributed by atoms with Crippen molar-refractivity contribution in [3.05, 3.63) is 30.1 Å². The Morgan fingerprint density at radius 1 is 0.621 bits per heavy atom. The van der Waals surface area contributed by atoms with Crippen LogP contribution in [0.3, 0.4) is 0 Å². The number of aromatic nitrogens is 1. The first kappa shape index (κ1) is 28.1. The van der Waals surface area contributed by atoms with E-state index in [4.69, 9.17) is 0 Å². The van der Waals surface area contributed by atoms with Crippen molar-refractivity contribution in [1.82, 2.24) is 4.98 Å². The van der Waals surface area contributed by atoms with Gasteiger partial charge in [0.15, 0.2) is 0 Å². The molecule has 0 aliphatic rings. The maximum atomic E-state index is 4.10. The summed E-state index contributed by atoms with van der Waals surface area (Å²) in [5.41, 5.74) is 1.37. The minimum atomic E-state index is 1.04. The van der Waals surface area contributed by atoms with Gasteiger partial charge in [0.25, 0.3) is 0 Å². The van der Waals surface area contributed by atoms with Gasteiger partial charge >= 0.3 is 0 Å². The molecule has 1 unspecified atom stereocenters. The normalized spacial score (nSPS) is 11.7. The van der Waals surface area contributed by atoms with E-state index >= 15 is 0 Å². The van der Waals surface area contributed by atoms with Crippen molar-refractivity contribution in [2.24, 2.45) is 5.92 Å². The molecule has 1 heterocycles. The van der Waals surface area contributed by atoms with Gasteiger partial charge in [0.1, 0.15) is 0 Å². The molecule has 0 amide bonds. The Kier molecular flexibility index (Phi) is 22.7. The Bertz CT molecular complexity index is 400. The lowest BCUT2D eigenvalue weighted by atomic mass is 9.91. The molecule has 1 rings (SSSR count). The van der Waals surface area contributed by atoms with E-state index in [0.29, 0.717) is 0 Å². The Morgan fingerprint density at radius 2 is 1.17 bits per heavy atom. The molecule has 0 radical (unpaired) electrons. The van der Waals surface area contributed by atoms with E-state index in [-0.39, 0.29) is 0 Å². The summed E-state index contributed by atoms with van der Waals surface area (Å²) < 4.78 is 0. The van der Waals surface area contributed by atoms with Gasteiger partial charge in [-0.3, -0.25) is 4.98 Å². The largest absolute Gasteiger partial charge is 0.264 e. The van der Waals surface area contributed by atoms with Crippen LogP contribution < -0.4 is 0 Å². The zero-order valence-corrected chi connectivity index (χ0v) is 20.6. The van der Waals surface area contributed by atoms with Crippen LogP contribution in [-0.4, -0.2) is 4.98 Å². The topological polar surface area (TPSA) is 12.9 Å². The van der Waals surface area contributed by atoms with Gasteiger partial charge in [0, 0.05) is 12.4 Å². The van der Waals surface area contributed by atoms with Crippen molar-refractivity contribution in [2.45, 2.75) is 143 Å². The van der Waals surface area contributed by atoms with Gasteiger partial charge in [-0.2, -0.15) is 0 Å². The first-order valence-corrected chi connectivity index (χ1v) is 13.2. The molecule has 1 aromatic rings. The predicted molar refractivity (Wildman–Crippen MR) is 133 cm³/mol. The van der Waals surface area contributed by atoms with Crippen LogP contribution in [0.1, 0.15) is 142 Å². The molecule has 29 heavy (non-hydrogen) atoms. The molecular formula is C28H53N. The van der Waals surface area contributed by atoms with Gasteiger partial charge in [-0.1, -0.05) is 136 Å². The SMILES string of the molecule is CCCCCCCC(CCC)CCCCC.CCCCCCCc1cccnc1. The van der Waals surface area contributed by atoms with Crippen molar-refractivity contribution in [2.75, 3.05) is 0 Å². The average molecular weight is 404 g/mol. The Balaban J connectivity index is 0.000000551. The summed E-state index contributed by atoms with van der Waals surface area (Å²) in [6.45, 7) is 9.19. The summed E-state index contributed by atoms with van der Waals surface area (Å²) in [5, 5.41) is 0. The van der Waals surface area contributed by atoms with Crippen LogP contribution in [0, 0.1) is 5.92 Å². The van der Waals surface area contributed by atoms with Crippen molar-refractivity contribution >= 4 is 0 Å². The number of unbranched alkanes of at least 4 members (excludes halogenated alkanes) is 10. The summed E-state index contributed by atoms with van der Waals surface area (Å²) in [5.74, 6) is 1.04. The second-order valence-electron chi connectivity index (χ2n) is 8.88. The third-order valence-electron chi connectivity index (χ3n) is 5.92. The summed E-state index contributed by atoms with van der Waals surface area (Å²) in [7, 11) is 0. The zero-order valence-electron chi connectivity index (χ0n) is 20.6. The minimum Gasteiger partial charge on any atom is -0.264 e. The van der Waals surface area contributed by atoms with Crippen molar-refractivity contribution < 1.29 is 0 Å². The number of hydrogen-bond acceptors (Lipinski definition) is 1. The molecule has 0 N–H and O–H groups in total. The summed E-state index contributed by atoms with van der Waals surface area (Å²) >= 11 is 0. The maximum Gasteiger partial charge on any atom is 0.0299 e. The molecule has 170 valence electrons. The van der Waals surface area contributed by atoms with Gasteiger partial charge in [0.2, 0.25) is 0 Å². The second-order valence-corrected chi connectivity index (χ2v) is 8.88. The fraction of sp³-hybridized carbons (Fsp3) is 0.821. The van der Waals surface area contributed by atoms with Crippen LogP contribution in [0.2, 0.25) is 0 Å². The lowest BCUT2D eigenvalue weighted by Gasteiger charge is -2.15. The molecule has 1 atom stereocenters. The second kappa shape index (κ2) is 23.4. The lowest BCUT2D eigenvalue weighted by Crippen LogP contribution is -2.00. The van der Waals surface area contributed by atoms with E-state index in [9.17, 15) is 0 Å². The number of aryl methyl sites for hydroxylation is 1. The number of pyridine rings is 1.